The molecule has 4 heterocycles. The average molecular weight is 494 g/mol. The first-order valence-corrected chi connectivity index (χ1v) is 13.2. The van der Waals surface area contributed by atoms with Gasteiger partial charge < -0.3 is 19.8 Å². The topological polar surface area (TPSA) is 121 Å². The molecule has 1 aliphatic carbocycles. The fraction of sp³-hybridized carbons (Fsp3) is 0.840. The standard InChI is InChI=1S/C23H39N5O.2CH2O2/c1-26-13-8-21(9-14-26)28-23(24-22(25-28)18-5-2-3-6-18)19-7-4-12-27(17-19)20-10-15-29-16-11-20;2*2-1-3/h18-21H,2-17H2,1H3;2*1H,(H,2,3). The summed E-state index contributed by atoms with van der Waals surface area (Å²) in [4.78, 5) is 27.2. The molecule has 10 heteroatoms. The summed E-state index contributed by atoms with van der Waals surface area (Å²) in [6, 6.07) is 1.25. The van der Waals surface area contributed by atoms with Crippen molar-refractivity contribution in [2.45, 2.75) is 88.1 Å². The van der Waals surface area contributed by atoms with Gasteiger partial charge in [0.1, 0.15) is 5.82 Å². The first-order chi connectivity index (χ1) is 17.1. The van der Waals surface area contributed by atoms with Gasteiger partial charge in [0.25, 0.3) is 12.9 Å². The van der Waals surface area contributed by atoms with E-state index >= 15 is 0 Å². The van der Waals surface area contributed by atoms with E-state index in [1.54, 1.807) is 0 Å². The molecule has 4 fully saturated rings. The van der Waals surface area contributed by atoms with Crippen LogP contribution in [0.15, 0.2) is 0 Å². The normalized spacial score (nSPS) is 25.2. The molecule has 10 nitrogen and oxygen atoms in total. The second-order valence-corrected chi connectivity index (χ2v) is 10.2. The van der Waals surface area contributed by atoms with E-state index in [0.29, 0.717) is 23.9 Å². The van der Waals surface area contributed by atoms with E-state index in [9.17, 15) is 0 Å². The fourth-order valence-electron chi connectivity index (χ4n) is 6.10. The van der Waals surface area contributed by atoms with Crippen LogP contribution in [0.3, 0.4) is 0 Å². The molecule has 3 saturated heterocycles. The van der Waals surface area contributed by atoms with Crippen LogP contribution in [0.4, 0.5) is 0 Å². The number of ether oxygens (including phenoxy) is 1. The molecule has 5 rings (SSSR count). The van der Waals surface area contributed by atoms with Gasteiger partial charge >= 0.3 is 0 Å². The highest BCUT2D eigenvalue weighted by molar-refractivity contribution is 5.33. The number of carbonyl (C=O) groups is 2. The van der Waals surface area contributed by atoms with Crippen LogP contribution in [0.2, 0.25) is 0 Å². The van der Waals surface area contributed by atoms with E-state index in [1.165, 1.54) is 102 Å². The number of piperidine rings is 2. The van der Waals surface area contributed by atoms with Crippen LogP contribution in [0, 0.1) is 0 Å². The van der Waals surface area contributed by atoms with Crippen molar-refractivity contribution >= 4 is 12.9 Å². The second-order valence-electron chi connectivity index (χ2n) is 10.2. The van der Waals surface area contributed by atoms with E-state index in [1.807, 2.05) is 0 Å². The molecule has 0 aromatic carbocycles. The largest absolute Gasteiger partial charge is 0.483 e. The molecular formula is C25H43N5O5. The Hall–Kier alpha value is -2.04. The number of aromatic nitrogens is 3. The Bertz CT molecular complexity index is 749. The third-order valence-corrected chi connectivity index (χ3v) is 7.95. The van der Waals surface area contributed by atoms with Gasteiger partial charge in [-0.1, -0.05) is 12.8 Å². The maximum absolute atomic E-state index is 8.36. The van der Waals surface area contributed by atoms with E-state index in [-0.39, 0.29) is 12.9 Å². The molecule has 1 unspecified atom stereocenters. The molecule has 4 aliphatic rings. The van der Waals surface area contributed by atoms with Crippen LogP contribution < -0.4 is 0 Å². The van der Waals surface area contributed by atoms with Crippen LogP contribution in [0.25, 0.3) is 0 Å². The number of carboxylic acid groups (broad SMARTS) is 2. The molecule has 1 saturated carbocycles. The van der Waals surface area contributed by atoms with Crippen LogP contribution in [0.1, 0.15) is 93.7 Å². The molecule has 35 heavy (non-hydrogen) atoms. The third kappa shape index (κ3) is 7.72. The van der Waals surface area contributed by atoms with Crippen molar-refractivity contribution in [3.63, 3.8) is 0 Å². The summed E-state index contributed by atoms with van der Waals surface area (Å²) in [7, 11) is 2.25. The zero-order valence-electron chi connectivity index (χ0n) is 21.1. The van der Waals surface area contributed by atoms with Crippen molar-refractivity contribution < 1.29 is 24.5 Å². The van der Waals surface area contributed by atoms with Gasteiger partial charge in [-0.2, -0.15) is 5.10 Å². The van der Waals surface area contributed by atoms with Crippen molar-refractivity contribution in [3.05, 3.63) is 11.6 Å². The molecule has 0 amide bonds. The Kier molecular flexibility index (Phi) is 11.4. The lowest BCUT2D eigenvalue weighted by molar-refractivity contribution is -0.123. The molecule has 0 radical (unpaired) electrons. The zero-order chi connectivity index (χ0) is 25.0. The Morgan fingerprint density at radius 2 is 1.43 bits per heavy atom. The third-order valence-electron chi connectivity index (χ3n) is 7.95. The van der Waals surface area contributed by atoms with Gasteiger partial charge in [0.2, 0.25) is 0 Å². The van der Waals surface area contributed by atoms with Gasteiger partial charge in [0, 0.05) is 37.6 Å². The number of hydrogen-bond donors (Lipinski definition) is 2. The van der Waals surface area contributed by atoms with Gasteiger partial charge in [0.05, 0.1) is 6.04 Å². The monoisotopic (exact) mass is 493 g/mol. The Morgan fingerprint density at radius 3 is 2.06 bits per heavy atom. The van der Waals surface area contributed by atoms with Gasteiger partial charge in [-0.3, -0.25) is 14.5 Å². The zero-order valence-corrected chi connectivity index (χ0v) is 21.1. The van der Waals surface area contributed by atoms with Crippen LogP contribution >= 0.6 is 0 Å². The second kappa shape index (κ2) is 14.5. The molecule has 198 valence electrons. The summed E-state index contributed by atoms with van der Waals surface area (Å²) in [5, 5.41) is 19.0. The molecule has 1 aromatic heterocycles. The van der Waals surface area contributed by atoms with E-state index in [2.05, 4.69) is 21.5 Å². The molecule has 2 N–H and O–H groups in total. The van der Waals surface area contributed by atoms with Crippen molar-refractivity contribution in [2.75, 3.05) is 46.4 Å². The minimum Gasteiger partial charge on any atom is -0.483 e. The van der Waals surface area contributed by atoms with Gasteiger partial charge in [-0.05, 0) is 78.0 Å². The highest BCUT2D eigenvalue weighted by Crippen LogP contribution is 2.36. The van der Waals surface area contributed by atoms with Gasteiger partial charge in [-0.15, -0.1) is 0 Å². The van der Waals surface area contributed by atoms with Crippen molar-refractivity contribution in [2.24, 2.45) is 0 Å². The minimum absolute atomic E-state index is 0.250. The number of likely N-dealkylation sites (tertiary alicyclic amines) is 2. The molecule has 1 atom stereocenters. The average Bonchev–Trinajstić information content (AvgIpc) is 3.57. The lowest BCUT2D eigenvalue weighted by Crippen LogP contribution is -2.45. The van der Waals surface area contributed by atoms with Crippen molar-refractivity contribution in [1.29, 1.82) is 0 Å². The first kappa shape index (κ1) is 27.5. The fourth-order valence-corrected chi connectivity index (χ4v) is 6.10. The van der Waals surface area contributed by atoms with Gasteiger partial charge in [-0.25, -0.2) is 9.67 Å². The summed E-state index contributed by atoms with van der Waals surface area (Å²) in [6.07, 6.45) is 12.7. The summed E-state index contributed by atoms with van der Waals surface area (Å²) in [5.41, 5.74) is 0. The summed E-state index contributed by atoms with van der Waals surface area (Å²) in [6.45, 7) is 6.15. The number of rotatable bonds is 4. The Labute approximate surface area is 208 Å². The lowest BCUT2D eigenvalue weighted by atomic mass is 9.93. The molecule has 3 aliphatic heterocycles. The van der Waals surface area contributed by atoms with E-state index in [0.717, 1.165) is 13.2 Å². The Balaban J connectivity index is 0.000000520. The predicted molar refractivity (Wildman–Crippen MR) is 132 cm³/mol. The smallest absolute Gasteiger partial charge is 0.290 e. The summed E-state index contributed by atoms with van der Waals surface area (Å²) >= 11 is 0. The molecule has 0 bridgehead atoms. The van der Waals surface area contributed by atoms with Crippen LogP contribution in [-0.2, 0) is 14.3 Å². The van der Waals surface area contributed by atoms with Crippen molar-refractivity contribution in [3.8, 4) is 0 Å². The molecular weight excluding hydrogens is 450 g/mol. The maximum atomic E-state index is 8.36. The lowest BCUT2D eigenvalue weighted by Gasteiger charge is -2.40. The number of hydrogen-bond acceptors (Lipinski definition) is 7. The Morgan fingerprint density at radius 1 is 0.829 bits per heavy atom. The number of nitrogens with zero attached hydrogens (tertiary/aromatic N) is 5. The molecule has 0 spiro atoms. The summed E-state index contributed by atoms with van der Waals surface area (Å²) < 4.78 is 8.03. The van der Waals surface area contributed by atoms with Gasteiger partial charge in [0.15, 0.2) is 5.82 Å². The first-order valence-electron chi connectivity index (χ1n) is 13.2. The SMILES string of the molecule is CN1CCC(n2nc(C3CCCC3)nc2C2CCCN(C3CCOCC3)C2)CC1.O=CO.O=CO. The van der Waals surface area contributed by atoms with Crippen LogP contribution in [-0.4, -0.2) is 100 Å². The highest BCUT2D eigenvalue weighted by Gasteiger charge is 2.34. The quantitative estimate of drug-likeness (QED) is 0.610. The van der Waals surface area contributed by atoms with Crippen LogP contribution in [0.5, 0.6) is 0 Å². The molecule has 1 aromatic rings. The minimum atomic E-state index is -0.250. The predicted octanol–water partition coefficient (Wildman–Crippen LogP) is 2.96. The van der Waals surface area contributed by atoms with E-state index < -0.39 is 0 Å². The summed E-state index contributed by atoms with van der Waals surface area (Å²) in [5.74, 6) is 3.64. The van der Waals surface area contributed by atoms with Crippen molar-refractivity contribution in [1.82, 2.24) is 24.6 Å². The highest BCUT2D eigenvalue weighted by atomic mass is 16.5. The van der Waals surface area contributed by atoms with E-state index in [4.69, 9.17) is 34.6 Å². The maximum Gasteiger partial charge on any atom is 0.290 e.